The summed E-state index contributed by atoms with van der Waals surface area (Å²) in [6.45, 7) is 6.31. The predicted octanol–water partition coefficient (Wildman–Crippen LogP) is 2.47. The molecular formula is C12H30N2OSi. The number of rotatable bonds is 10. The lowest BCUT2D eigenvalue weighted by Gasteiger charge is -2.32. The topological polar surface area (TPSA) is 61.3 Å². The molecule has 0 amide bonds. The van der Waals surface area contributed by atoms with Gasteiger partial charge in [0.2, 0.25) is 0 Å². The van der Waals surface area contributed by atoms with Crippen molar-refractivity contribution >= 4 is 8.32 Å². The summed E-state index contributed by atoms with van der Waals surface area (Å²) in [5, 5.41) is 0. The third-order valence-electron chi connectivity index (χ3n) is 3.73. The van der Waals surface area contributed by atoms with Gasteiger partial charge in [-0.25, -0.2) is 0 Å². The molecule has 4 heteroatoms. The van der Waals surface area contributed by atoms with Gasteiger partial charge in [0.25, 0.3) is 0 Å². The monoisotopic (exact) mass is 246 g/mol. The zero-order valence-corrected chi connectivity index (χ0v) is 12.3. The van der Waals surface area contributed by atoms with Gasteiger partial charge in [-0.1, -0.05) is 26.2 Å². The fraction of sp³-hybridized carbons (Fsp3) is 1.00. The van der Waals surface area contributed by atoms with Gasteiger partial charge in [0.15, 0.2) is 8.32 Å². The first-order valence-corrected chi connectivity index (χ1v) is 9.25. The molecule has 0 aliphatic rings. The molecule has 4 N–H and O–H groups in total. The largest absolute Gasteiger partial charge is 0.420 e. The first kappa shape index (κ1) is 16.1. The Hall–Kier alpha value is 0.0969. The Morgan fingerprint density at radius 2 is 1.62 bits per heavy atom. The molecule has 2 unspecified atom stereocenters. The fourth-order valence-electron chi connectivity index (χ4n) is 2.07. The van der Waals surface area contributed by atoms with Gasteiger partial charge in [-0.3, -0.25) is 0 Å². The zero-order valence-electron chi connectivity index (χ0n) is 11.3. The highest BCUT2D eigenvalue weighted by Crippen LogP contribution is 2.32. The molecule has 2 atom stereocenters. The second-order valence-electron chi connectivity index (χ2n) is 4.95. The van der Waals surface area contributed by atoms with E-state index in [1.807, 2.05) is 7.11 Å². The second kappa shape index (κ2) is 9.16. The summed E-state index contributed by atoms with van der Waals surface area (Å²) in [5.41, 5.74) is 11.8. The summed E-state index contributed by atoms with van der Waals surface area (Å²) in [6, 6.07) is 1.24. The van der Waals surface area contributed by atoms with Crippen molar-refractivity contribution in [3.63, 3.8) is 0 Å². The van der Waals surface area contributed by atoms with Crippen molar-refractivity contribution in [2.24, 2.45) is 11.5 Å². The first-order chi connectivity index (χ1) is 7.60. The molecule has 0 saturated carbocycles. The Morgan fingerprint density at radius 3 is 2.12 bits per heavy atom. The Morgan fingerprint density at radius 1 is 1.06 bits per heavy atom. The average molecular weight is 246 g/mol. The molecule has 0 radical (unpaired) electrons. The summed E-state index contributed by atoms with van der Waals surface area (Å²) >= 11 is 0. The third-order valence-corrected chi connectivity index (χ3v) is 8.38. The summed E-state index contributed by atoms with van der Waals surface area (Å²) < 4.78 is 5.84. The maximum atomic E-state index is 5.84. The van der Waals surface area contributed by atoms with E-state index in [1.165, 1.54) is 25.3 Å². The van der Waals surface area contributed by atoms with Gasteiger partial charge in [-0.15, -0.1) is 0 Å². The molecule has 0 rings (SSSR count). The van der Waals surface area contributed by atoms with Crippen LogP contribution < -0.4 is 11.5 Å². The highest BCUT2D eigenvalue weighted by atomic mass is 28.4. The number of hydrogen-bond donors (Lipinski definition) is 2. The quantitative estimate of drug-likeness (QED) is 0.460. The number of unbranched alkanes of at least 4 members (excludes halogenated alkanes) is 2. The molecule has 16 heavy (non-hydrogen) atoms. The minimum Gasteiger partial charge on any atom is -0.420 e. The van der Waals surface area contributed by atoms with E-state index in [4.69, 9.17) is 15.9 Å². The third kappa shape index (κ3) is 5.99. The van der Waals surface area contributed by atoms with Crippen molar-refractivity contribution in [1.29, 1.82) is 0 Å². The molecule has 0 aliphatic carbocycles. The van der Waals surface area contributed by atoms with Crippen LogP contribution in [0.5, 0.6) is 0 Å². The van der Waals surface area contributed by atoms with Gasteiger partial charge in [0.1, 0.15) is 0 Å². The van der Waals surface area contributed by atoms with Crippen LogP contribution >= 0.6 is 0 Å². The molecule has 0 spiro atoms. The van der Waals surface area contributed by atoms with Crippen LogP contribution in [0.3, 0.4) is 0 Å². The average Bonchev–Trinajstić information content (AvgIpc) is 2.29. The van der Waals surface area contributed by atoms with Crippen LogP contribution in [0, 0.1) is 0 Å². The predicted molar refractivity (Wildman–Crippen MR) is 74.1 cm³/mol. The van der Waals surface area contributed by atoms with Crippen molar-refractivity contribution < 1.29 is 4.43 Å². The van der Waals surface area contributed by atoms with E-state index >= 15 is 0 Å². The van der Waals surface area contributed by atoms with Gasteiger partial charge >= 0.3 is 0 Å². The van der Waals surface area contributed by atoms with Crippen molar-refractivity contribution in [2.45, 2.75) is 57.2 Å². The minimum atomic E-state index is -1.51. The van der Waals surface area contributed by atoms with Gasteiger partial charge in [0, 0.05) is 7.11 Å². The highest BCUT2D eigenvalue weighted by molar-refractivity contribution is 6.73. The van der Waals surface area contributed by atoms with E-state index in [9.17, 15) is 0 Å². The van der Waals surface area contributed by atoms with Gasteiger partial charge in [-0.05, 0) is 44.1 Å². The van der Waals surface area contributed by atoms with E-state index < -0.39 is 8.32 Å². The normalized spacial score (nSPS) is 17.1. The zero-order chi connectivity index (χ0) is 12.4. The van der Waals surface area contributed by atoms with E-state index in [2.05, 4.69) is 13.5 Å². The van der Waals surface area contributed by atoms with Gasteiger partial charge in [0.05, 0.1) is 0 Å². The maximum Gasteiger partial charge on any atom is 0.192 e. The SMILES string of the molecule is CO[Si](C)(CCCCN)C(C)CCCCN. The number of hydrogen-bond acceptors (Lipinski definition) is 3. The van der Waals surface area contributed by atoms with Gasteiger partial charge in [-0.2, -0.15) is 0 Å². The lowest BCUT2D eigenvalue weighted by Crippen LogP contribution is -2.38. The Balaban J connectivity index is 3.99. The van der Waals surface area contributed by atoms with Gasteiger partial charge < -0.3 is 15.9 Å². The molecule has 0 heterocycles. The molecule has 0 bridgehead atoms. The Bertz CT molecular complexity index is 169. The fourth-order valence-corrected chi connectivity index (χ4v) is 4.94. The van der Waals surface area contributed by atoms with Crippen LogP contribution in [0.1, 0.15) is 39.0 Å². The van der Waals surface area contributed by atoms with E-state index in [1.54, 1.807) is 0 Å². The molecular weight excluding hydrogens is 216 g/mol. The van der Waals surface area contributed by atoms with Crippen LogP contribution in [0.15, 0.2) is 0 Å². The van der Waals surface area contributed by atoms with Crippen LogP contribution in [0.25, 0.3) is 0 Å². The van der Waals surface area contributed by atoms with E-state index in [-0.39, 0.29) is 0 Å². The van der Waals surface area contributed by atoms with E-state index in [0.717, 1.165) is 31.5 Å². The summed E-state index contributed by atoms with van der Waals surface area (Å²) in [5.74, 6) is 0. The molecule has 0 saturated heterocycles. The maximum absolute atomic E-state index is 5.84. The van der Waals surface area contributed by atoms with Crippen LogP contribution in [-0.4, -0.2) is 28.5 Å². The van der Waals surface area contributed by atoms with Crippen molar-refractivity contribution in [1.82, 2.24) is 0 Å². The molecule has 0 aliphatic heterocycles. The summed E-state index contributed by atoms with van der Waals surface area (Å²) in [4.78, 5) is 0. The van der Waals surface area contributed by atoms with Crippen molar-refractivity contribution in [3.05, 3.63) is 0 Å². The molecule has 0 aromatic heterocycles. The molecule has 0 aromatic rings. The van der Waals surface area contributed by atoms with E-state index in [0.29, 0.717) is 0 Å². The summed E-state index contributed by atoms with van der Waals surface area (Å²) in [6.07, 6.45) is 5.98. The highest BCUT2D eigenvalue weighted by Gasteiger charge is 2.33. The Labute approximate surface area is 102 Å². The standard InChI is InChI=1S/C12H30N2OSi/c1-12(8-4-5-9-13)16(3,15-2)11-7-6-10-14/h12H,4-11,13-14H2,1-3H3. The Kier molecular flexibility index (Phi) is 9.22. The lowest BCUT2D eigenvalue weighted by atomic mass is 10.2. The van der Waals surface area contributed by atoms with Crippen LogP contribution in [0.4, 0.5) is 0 Å². The van der Waals surface area contributed by atoms with Crippen LogP contribution in [0.2, 0.25) is 18.1 Å². The summed E-state index contributed by atoms with van der Waals surface area (Å²) in [7, 11) is 0.373. The van der Waals surface area contributed by atoms with Crippen molar-refractivity contribution in [3.8, 4) is 0 Å². The molecule has 0 fully saturated rings. The van der Waals surface area contributed by atoms with Crippen molar-refractivity contribution in [2.75, 3.05) is 20.2 Å². The first-order valence-electron chi connectivity index (χ1n) is 6.56. The second-order valence-corrected chi connectivity index (χ2v) is 9.47. The lowest BCUT2D eigenvalue weighted by molar-refractivity contribution is 0.377. The molecule has 98 valence electrons. The number of nitrogens with two attached hydrogens (primary N) is 2. The smallest absolute Gasteiger partial charge is 0.192 e. The molecule has 0 aromatic carbocycles. The molecule has 3 nitrogen and oxygen atoms in total. The van der Waals surface area contributed by atoms with Crippen LogP contribution in [-0.2, 0) is 4.43 Å². The minimum absolute atomic E-state index is 0.724.